The van der Waals surface area contributed by atoms with Crippen molar-refractivity contribution in [2.75, 3.05) is 12.4 Å². The molecule has 2 aromatic heterocycles. The number of methoxy groups -OCH3 is 1. The number of aryl methyl sites for hydroxylation is 1. The number of ether oxygens (including phenoxy) is 1. The molecule has 2 heterocycles. The van der Waals surface area contributed by atoms with Gasteiger partial charge in [0, 0.05) is 23.3 Å². The summed E-state index contributed by atoms with van der Waals surface area (Å²) in [6, 6.07) is 3.42. The summed E-state index contributed by atoms with van der Waals surface area (Å²) in [5.41, 5.74) is 2.25. The highest BCUT2D eigenvalue weighted by Gasteiger charge is 2.22. The van der Waals surface area contributed by atoms with Crippen LogP contribution in [-0.2, 0) is 6.42 Å². The van der Waals surface area contributed by atoms with Crippen LogP contribution in [0.15, 0.2) is 35.0 Å². The number of carbonyl (C=O) groups excluding carboxylic acids is 1. The number of anilines is 1. The first-order valence-electron chi connectivity index (χ1n) is 8.91. The van der Waals surface area contributed by atoms with E-state index in [2.05, 4.69) is 10.3 Å². The largest absolute Gasteiger partial charge is 0.493 e. The molecule has 0 aliphatic rings. The molecule has 1 amide bonds. The standard InChI is InChI=1S/C21H20Cl2N2O3/c1-4-6-7-16-12(5-2)18-13(8-9-17(27-3)20(18)28-16)21(26)25-19-14(22)10-24-11-15(19)23/h6-11H,4-5H2,1-3H3,(H,24,25,26)/b7-6-. The second-order valence-electron chi connectivity index (χ2n) is 6.06. The number of nitrogens with zero attached hydrogens (tertiary/aromatic N) is 1. The molecule has 0 spiro atoms. The van der Waals surface area contributed by atoms with Crippen molar-refractivity contribution in [1.82, 2.24) is 4.98 Å². The van der Waals surface area contributed by atoms with Gasteiger partial charge in [0.2, 0.25) is 0 Å². The minimum absolute atomic E-state index is 0.264. The smallest absolute Gasteiger partial charge is 0.256 e. The maximum Gasteiger partial charge on any atom is 0.256 e. The lowest BCUT2D eigenvalue weighted by atomic mass is 10.0. The van der Waals surface area contributed by atoms with Gasteiger partial charge in [0.05, 0.1) is 28.4 Å². The predicted octanol–water partition coefficient (Wildman–Crippen LogP) is 6.38. The van der Waals surface area contributed by atoms with Gasteiger partial charge in [-0.1, -0.05) is 43.1 Å². The zero-order valence-electron chi connectivity index (χ0n) is 15.8. The number of allylic oxidation sites excluding steroid dienone is 1. The van der Waals surface area contributed by atoms with Crippen molar-refractivity contribution >= 4 is 51.8 Å². The van der Waals surface area contributed by atoms with Gasteiger partial charge < -0.3 is 14.5 Å². The van der Waals surface area contributed by atoms with E-state index in [1.54, 1.807) is 19.2 Å². The van der Waals surface area contributed by atoms with Gasteiger partial charge in [0.15, 0.2) is 11.3 Å². The Morgan fingerprint density at radius 1 is 1.25 bits per heavy atom. The summed E-state index contributed by atoms with van der Waals surface area (Å²) >= 11 is 12.3. The molecule has 1 aromatic carbocycles. The van der Waals surface area contributed by atoms with E-state index in [9.17, 15) is 4.79 Å². The van der Waals surface area contributed by atoms with Crippen molar-refractivity contribution in [2.45, 2.75) is 26.7 Å². The van der Waals surface area contributed by atoms with Crippen LogP contribution in [0.25, 0.3) is 17.0 Å². The highest BCUT2D eigenvalue weighted by atomic mass is 35.5. The van der Waals surface area contributed by atoms with Crippen LogP contribution in [0, 0.1) is 0 Å². The van der Waals surface area contributed by atoms with E-state index in [1.165, 1.54) is 12.4 Å². The molecule has 5 nitrogen and oxygen atoms in total. The van der Waals surface area contributed by atoms with Gasteiger partial charge in [-0.2, -0.15) is 0 Å². The van der Waals surface area contributed by atoms with Crippen molar-refractivity contribution in [2.24, 2.45) is 0 Å². The lowest BCUT2D eigenvalue weighted by Gasteiger charge is -2.11. The third kappa shape index (κ3) is 3.73. The summed E-state index contributed by atoms with van der Waals surface area (Å²) in [7, 11) is 1.57. The molecule has 0 aliphatic heterocycles. The summed E-state index contributed by atoms with van der Waals surface area (Å²) in [4.78, 5) is 17.0. The molecule has 28 heavy (non-hydrogen) atoms. The number of rotatable bonds is 6. The molecule has 0 saturated carbocycles. The zero-order valence-corrected chi connectivity index (χ0v) is 17.3. The topological polar surface area (TPSA) is 64.4 Å². The SMILES string of the molecule is CC/C=C\c1oc2c(OC)ccc(C(=O)Nc3c(Cl)cncc3Cl)c2c1CC. The number of nitrogens with one attached hydrogen (secondary N) is 1. The van der Waals surface area contributed by atoms with Gasteiger partial charge >= 0.3 is 0 Å². The molecule has 0 unspecified atom stereocenters. The Balaban J connectivity index is 2.16. The summed E-state index contributed by atoms with van der Waals surface area (Å²) in [5.74, 6) is 0.944. The average molecular weight is 419 g/mol. The third-order valence-electron chi connectivity index (χ3n) is 4.35. The van der Waals surface area contributed by atoms with Gasteiger partial charge in [-0.15, -0.1) is 0 Å². The Morgan fingerprint density at radius 2 is 1.96 bits per heavy atom. The molecule has 146 valence electrons. The lowest BCUT2D eigenvalue weighted by Crippen LogP contribution is -2.13. The van der Waals surface area contributed by atoms with Crippen molar-refractivity contribution in [3.8, 4) is 5.75 Å². The van der Waals surface area contributed by atoms with E-state index >= 15 is 0 Å². The Morgan fingerprint density at radius 3 is 2.57 bits per heavy atom. The number of benzene rings is 1. The van der Waals surface area contributed by atoms with Crippen LogP contribution in [-0.4, -0.2) is 18.0 Å². The first-order chi connectivity index (χ1) is 13.5. The molecule has 0 radical (unpaired) electrons. The van der Waals surface area contributed by atoms with Crippen molar-refractivity contribution < 1.29 is 13.9 Å². The molecule has 0 saturated heterocycles. The summed E-state index contributed by atoms with van der Waals surface area (Å²) in [5, 5.41) is 4.03. The molecule has 0 aliphatic carbocycles. The number of hydrogen-bond donors (Lipinski definition) is 1. The first-order valence-corrected chi connectivity index (χ1v) is 9.66. The lowest BCUT2D eigenvalue weighted by molar-refractivity contribution is 0.102. The molecule has 0 fully saturated rings. The van der Waals surface area contributed by atoms with Gasteiger partial charge in [0.25, 0.3) is 5.91 Å². The van der Waals surface area contributed by atoms with Gasteiger partial charge in [0.1, 0.15) is 5.76 Å². The molecular formula is C21H20Cl2N2O3. The van der Waals surface area contributed by atoms with Crippen LogP contribution < -0.4 is 10.1 Å². The highest BCUT2D eigenvalue weighted by molar-refractivity contribution is 6.39. The van der Waals surface area contributed by atoms with Gasteiger partial charge in [-0.05, 0) is 31.1 Å². The number of carbonyl (C=O) groups is 1. The Labute approximate surface area is 173 Å². The van der Waals surface area contributed by atoms with Gasteiger partial charge in [-0.25, -0.2) is 0 Å². The summed E-state index contributed by atoms with van der Waals surface area (Å²) < 4.78 is 11.5. The van der Waals surface area contributed by atoms with E-state index in [4.69, 9.17) is 32.4 Å². The minimum Gasteiger partial charge on any atom is -0.493 e. The quantitative estimate of drug-likeness (QED) is 0.504. The molecule has 3 rings (SSSR count). The van der Waals surface area contributed by atoms with Crippen LogP contribution in [0.3, 0.4) is 0 Å². The number of hydrogen-bond acceptors (Lipinski definition) is 4. The van der Waals surface area contributed by atoms with Crippen molar-refractivity contribution in [3.05, 3.63) is 57.5 Å². The van der Waals surface area contributed by atoms with Crippen LogP contribution in [0.1, 0.15) is 41.9 Å². The maximum atomic E-state index is 13.1. The number of pyridine rings is 1. The van der Waals surface area contributed by atoms with Crippen molar-refractivity contribution in [1.29, 1.82) is 0 Å². The molecule has 7 heteroatoms. The Bertz CT molecular complexity index is 1040. The zero-order chi connectivity index (χ0) is 20.3. The molecule has 0 bridgehead atoms. The third-order valence-corrected chi connectivity index (χ3v) is 4.92. The van der Waals surface area contributed by atoms with Crippen molar-refractivity contribution in [3.63, 3.8) is 0 Å². The fourth-order valence-electron chi connectivity index (χ4n) is 3.03. The number of fused-ring (bicyclic) bond motifs is 1. The highest BCUT2D eigenvalue weighted by Crippen LogP contribution is 2.37. The predicted molar refractivity (Wildman–Crippen MR) is 114 cm³/mol. The average Bonchev–Trinajstić information content (AvgIpc) is 3.06. The van der Waals surface area contributed by atoms with Crippen LogP contribution >= 0.6 is 23.2 Å². The van der Waals surface area contributed by atoms with E-state index in [-0.39, 0.29) is 16.0 Å². The fraction of sp³-hybridized carbons (Fsp3) is 0.238. The Hall–Kier alpha value is -2.50. The molecule has 1 N–H and O–H groups in total. The second-order valence-corrected chi connectivity index (χ2v) is 6.88. The normalized spacial score (nSPS) is 11.3. The fourth-order valence-corrected chi connectivity index (χ4v) is 3.49. The number of halogens is 2. The summed E-state index contributed by atoms with van der Waals surface area (Å²) in [6.07, 6.45) is 8.37. The molecule has 3 aromatic rings. The Kier molecular flexibility index (Phi) is 6.27. The number of amides is 1. The summed E-state index contributed by atoms with van der Waals surface area (Å²) in [6.45, 7) is 4.07. The van der Waals surface area contributed by atoms with Crippen LogP contribution in [0.2, 0.25) is 10.0 Å². The molecule has 0 atom stereocenters. The monoisotopic (exact) mass is 418 g/mol. The minimum atomic E-state index is -0.343. The van der Waals surface area contributed by atoms with Crippen LogP contribution in [0.5, 0.6) is 5.75 Å². The number of furan rings is 1. The second kappa shape index (κ2) is 8.67. The molecular weight excluding hydrogens is 399 g/mol. The van der Waals surface area contributed by atoms with E-state index in [0.29, 0.717) is 29.0 Å². The van der Waals surface area contributed by atoms with Gasteiger partial charge in [-0.3, -0.25) is 9.78 Å². The number of aromatic nitrogens is 1. The van der Waals surface area contributed by atoms with E-state index < -0.39 is 0 Å². The van der Waals surface area contributed by atoms with E-state index in [0.717, 1.165) is 23.1 Å². The maximum absolute atomic E-state index is 13.1. The van der Waals surface area contributed by atoms with E-state index in [1.807, 2.05) is 26.0 Å². The first kappa shape index (κ1) is 20.2. The van der Waals surface area contributed by atoms with Crippen LogP contribution in [0.4, 0.5) is 5.69 Å².